The van der Waals surface area contributed by atoms with Gasteiger partial charge in [0.25, 0.3) is 0 Å². The Bertz CT molecular complexity index is 416. The lowest BCUT2D eigenvalue weighted by Gasteiger charge is -2.27. The zero-order valence-corrected chi connectivity index (χ0v) is 12.7. The molecule has 0 aliphatic carbocycles. The van der Waals surface area contributed by atoms with Crippen LogP contribution in [0.25, 0.3) is 0 Å². The molecule has 0 amide bonds. The predicted molar refractivity (Wildman–Crippen MR) is 80.6 cm³/mol. The van der Waals surface area contributed by atoms with Gasteiger partial charge in [0.05, 0.1) is 6.10 Å². The Morgan fingerprint density at radius 2 is 2.16 bits per heavy atom. The highest BCUT2D eigenvalue weighted by atomic mass is 16.5. The topological polar surface area (TPSA) is 21.3 Å². The molecule has 2 heteroatoms. The first-order chi connectivity index (χ1) is 9.15. The molecule has 1 heterocycles. The minimum atomic E-state index is 0.433. The average Bonchev–Trinajstić information content (AvgIpc) is 2.88. The van der Waals surface area contributed by atoms with Crippen molar-refractivity contribution in [3.8, 4) is 0 Å². The van der Waals surface area contributed by atoms with E-state index in [4.69, 9.17) is 4.74 Å². The molecule has 106 valence electrons. The van der Waals surface area contributed by atoms with Crippen LogP contribution in [0.15, 0.2) is 18.2 Å². The second kappa shape index (κ2) is 6.53. The first-order valence-electron chi connectivity index (χ1n) is 7.50. The standard InChI is InChI=1S/C17H27NO/c1-5-17-15(8-9-19-17)16(18-4)11-14-10-12(2)6-7-13(14)3/h6-7,10,15-18H,5,8-9,11H2,1-4H3. The van der Waals surface area contributed by atoms with Gasteiger partial charge in [0.2, 0.25) is 0 Å². The van der Waals surface area contributed by atoms with Gasteiger partial charge in [-0.1, -0.05) is 30.7 Å². The molecule has 1 aliphatic rings. The van der Waals surface area contributed by atoms with E-state index in [1.165, 1.54) is 23.1 Å². The third kappa shape index (κ3) is 3.37. The molecule has 0 saturated carbocycles. The highest BCUT2D eigenvalue weighted by molar-refractivity contribution is 5.31. The van der Waals surface area contributed by atoms with Crippen LogP contribution in [0.3, 0.4) is 0 Å². The lowest BCUT2D eigenvalue weighted by atomic mass is 9.86. The molecule has 1 saturated heterocycles. The van der Waals surface area contributed by atoms with Crippen molar-refractivity contribution in [2.75, 3.05) is 13.7 Å². The van der Waals surface area contributed by atoms with Gasteiger partial charge in [0.1, 0.15) is 0 Å². The van der Waals surface area contributed by atoms with Crippen LogP contribution in [0.1, 0.15) is 36.5 Å². The summed E-state index contributed by atoms with van der Waals surface area (Å²) in [6, 6.07) is 7.28. The first kappa shape index (κ1) is 14.5. The minimum Gasteiger partial charge on any atom is -0.378 e. The van der Waals surface area contributed by atoms with Crippen LogP contribution in [0, 0.1) is 19.8 Å². The maximum absolute atomic E-state index is 5.85. The molecule has 19 heavy (non-hydrogen) atoms. The molecule has 3 atom stereocenters. The SMILES string of the molecule is CCC1OCCC1C(Cc1cc(C)ccc1C)NC. The summed E-state index contributed by atoms with van der Waals surface area (Å²) in [6.07, 6.45) is 3.85. The van der Waals surface area contributed by atoms with Crippen molar-refractivity contribution in [2.45, 2.75) is 52.2 Å². The van der Waals surface area contributed by atoms with Crippen molar-refractivity contribution < 1.29 is 4.74 Å². The molecule has 0 spiro atoms. The molecular formula is C17H27NO. The summed E-state index contributed by atoms with van der Waals surface area (Å²) < 4.78 is 5.85. The van der Waals surface area contributed by atoms with Gasteiger partial charge < -0.3 is 10.1 Å². The average molecular weight is 261 g/mol. The summed E-state index contributed by atoms with van der Waals surface area (Å²) in [5.41, 5.74) is 4.23. The first-order valence-corrected chi connectivity index (χ1v) is 7.50. The maximum Gasteiger partial charge on any atom is 0.0616 e. The van der Waals surface area contributed by atoms with E-state index in [-0.39, 0.29) is 0 Å². The molecule has 2 rings (SSSR count). The van der Waals surface area contributed by atoms with Crippen LogP contribution < -0.4 is 5.32 Å². The van der Waals surface area contributed by atoms with E-state index in [0.29, 0.717) is 18.1 Å². The fraction of sp³-hybridized carbons (Fsp3) is 0.647. The van der Waals surface area contributed by atoms with E-state index in [0.717, 1.165) is 19.4 Å². The van der Waals surface area contributed by atoms with Crippen LogP contribution in [0.2, 0.25) is 0 Å². The Morgan fingerprint density at radius 1 is 1.37 bits per heavy atom. The van der Waals surface area contributed by atoms with E-state index >= 15 is 0 Å². The summed E-state index contributed by atoms with van der Waals surface area (Å²) in [7, 11) is 2.08. The lowest BCUT2D eigenvalue weighted by Crippen LogP contribution is -2.39. The molecule has 0 radical (unpaired) electrons. The highest BCUT2D eigenvalue weighted by Crippen LogP contribution is 2.28. The molecule has 2 nitrogen and oxygen atoms in total. The van der Waals surface area contributed by atoms with Gasteiger partial charge in [0, 0.05) is 18.6 Å². The van der Waals surface area contributed by atoms with Gasteiger partial charge in [-0.25, -0.2) is 0 Å². The Labute approximate surface area is 117 Å². The van der Waals surface area contributed by atoms with Gasteiger partial charge in [0.15, 0.2) is 0 Å². The van der Waals surface area contributed by atoms with Crippen LogP contribution in [-0.4, -0.2) is 25.8 Å². The second-order valence-electron chi connectivity index (χ2n) is 5.80. The largest absolute Gasteiger partial charge is 0.378 e. The van der Waals surface area contributed by atoms with Crippen LogP contribution >= 0.6 is 0 Å². The molecule has 1 aromatic rings. The van der Waals surface area contributed by atoms with E-state index in [9.17, 15) is 0 Å². The van der Waals surface area contributed by atoms with Gasteiger partial charge in [-0.2, -0.15) is 0 Å². The fourth-order valence-electron chi connectivity index (χ4n) is 3.27. The number of ether oxygens (including phenoxy) is 1. The van der Waals surface area contributed by atoms with Crippen molar-refractivity contribution in [3.05, 3.63) is 34.9 Å². The number of hydrogen-bond acceptors (Lipinski definition) is 2. The van der Waals surface area contributed by atoms with Crippen molar-refractivity contribution in [1.82, 2.24) is 5.32 Å². The quantitative estimate of drug-likeness (QED) is 0.878. The normalized spacial score (nSPS) is 24.6. The Balaban J connectivity index is 2.12. The lowest BCUT2D eigenvalue weighted by molar-refractivity contribution is 0.0783. The third-order valence-electron chi connectivity index (χ3n) is 4.50. The van der Waals surface area contributed by atoms with Crippen molar-refractivity contribution >= 4 is 0 Å². The molecule has 0 bridgehead atoms. The molecule has 1 N–H and O–H groups in total. The number of hydrogen-bond donors (Lipinski definition) is 1. The molecule has 1 aliphatic heterocycles. The number of rotatable bonds is 5. The summed E-state index contributed by atoms with van der Waals surface area (Å²) in [6.45, 7) is 7.54. The number of aryl methyl sites for hydroxylation is 2. The number of benzene rings is 1. The molecule has 1 fully saturated rings. The second-order valence-corrected chi connectivity index (χ2v) is 5.80. The summed E-state index contributed by atoms with van der Waals surface area (Å²) in [5, 5.41) is 3.52. The number of likely N-dealkylation sites (N-methyl/N-ethyl adjacent to an activating group) is 1. The van der Waals surface area contributed by atoms with Gasteiger partial charge in [-0.15, -0.1) is 0 Å². The van der Waals surface area contributed by atoms with Gasteiger partial charge in [-0.05, 0) is 51.3 Å². The van der Waals surface area contributed by atoms with Crippen molar-refractivity contribution in [1.29, 1.82) is 0 Å². The molecule has 0 aromatic heterocycles. The zero-order chi connectivity index (χ0) is 13.8. The molecule has 1 aromatic carbocycles. The van der Waals surface area contributed by atoms with E-state index in [1.54, 1.807) is 0 Å². The fourth-order valence-corrected chi connectivity index (χ4v) is 3.27. The molecular weight excluding hydrogens is 234 g/mol. The van der Waals surface area contributed by atoms with E-state index in [1.807, 2.05) is 0 Å². The molecule has 3 unspecified atom stereocenters. The monoisotopic (exact) mass is 261 g/mol. The van der Waals surface area contributed by atoms with Crippen molar-refractivity contribution in [3.63, 3.8) is 0 Å². The van der Waals surface area contributed by atoms with E-state index < -0.39 is 0 Å². The maximum atomic E-state index is 5.85. The van der Waals surface area contributed by atoms with E-state index in [2.05, 4.69) is 51.3 Å². The van der Waals surface area contributed by atoms with Crippen LogP contribution in [0.4, 0.5) is 0 Å². The number of nitrogens with one attached hydrogen (secondary N) is 1. The summed E-state index contributed by atoms with van der Waals surface area (Å²) >= 11 is 0. The van der Waals surface area contributed by atoms with Crippen LogP contribution in [-0.2, 0) is 11.2 Å². The zero-order valence-electron chi connectivity index (χ0n) is 12.7. The Hall–Kier alpha value is -0.860. The third-order valence-corrected chi connectivity index (χ3v) is 4.50. The predicted octanol–water partition coefficient (Wildman–Crippen LogP) is 3.25. The van der Waals surface area contributed by atoms with Gasteiger partial charge in [-0.3, -0.25) is 0 Å². The Morgan fingerprint density at radius 3 is 2.84 bits per heavy atom. The minimum absolute atomic E-state index is 0.433. The Kier molecular flexibility index (Phi) is 5.00. The summed E-state index contributed by atoms with van der Waals surface area (Å²) in [4.78, 5) is 0. The van der Waals surface area contributed by atoms with Crippen molar-refractivity contribution in [2.24, 2.45) is 5.92 Å². The highest BCUT2D eigenvalue weighted by Gasteiger charge is 2.32. The van der Waals surface area contributed by atoms with Gasteiger partial charge >= 0.3 is 0 Å². The summed E-state index contributed by atoms with van der Waals surface area (Å²) in [5.74, 6) is 0.648. The van der Waals surface area contributed by atoms with Crippen LogP contribution in [0.5, 0.6) is 0 Å². The smallest absolute Gasteiger partial charge is 0.0616 e.